The van der Waals surface area contributed by atoms with Crippen molar-refractivity contribution in [3.05, 3.63) is 46.5 Å². The van der Waals surface area contributed by atoms with Gasteiger partial charge in [0.15, 0.2) is 0 Å². The Morgan fingerprint density at radius 2 is 1.64 bits per heavy atom. The predicted octanol–water partition coefficient (Wildman–Crippen LogP) is 3.27. The van der Waals surface area contributed by atoms with E-state index in [9.17, 15) is 0 Å². The lowest BCUT2D eigenvalue weighted by Gasteiger charge is -2.10. The van der Waals surface area contributed by atoms with Gasteiger partial charge in [-0.15, -0.1) is 0 Å². The summed E-state index contributed by atoms with van der Waals surface area (Å²) in [5.74, 6) is 0. The minimum absolute atomic E-state index is 0.0265. The summed E-state index contributed by atoms with van der Waals surface area (Å²) in [7, 11) is 0. The van der Waals surface area contributed by atoms with Crippen LogP contribution in [0.25, 0.3) is 0 Å². The molecule has 1 heteroatoms. The molecule has 1 atom stereocenters. The maximum Gasteiger partial charge on any atom is 0.0483 e. The van der Waals surface area contributed by atoms with Crippen LogP contribution in [-0.2, 0) is 0 Å². The fourth-order valence-electron chi connectivity index (χ4n) is 1.66. The molecule has 0 aliphatic heterocycles. The largest absolute Gasteiger partial charge is 0.321 e. The van der Waals surface area contributed by atoms with E-state index < -0.39 is 0 Å². The molecular formula is C13H19N. The van der Waals surface area contributed by atoms with Crippen molar-refractivity contribution < 1.29 is 0 Å². The first-order valence-electron chi connectivity index (χ1n) is 4.98. The first kappa shape index (κ1) is 11.0. The van der Waals surface area contributed by atoms with Gasteiger partial charge in [0.2, 0.25) is 0 Å². The average Bonchev–Trinajstić information content (AvgIpc) is 2.00. The number of rotatable bonds is 2. The van der Waals surface area contributed by atoms with Gasteiger partial charge in [0.05, 0.1) is 0 Å². The maximum absolute atomic E-state index is 6.06. The van der Waals surface area contributed by atoms with E-state index in [-0.39, 0.29) is 6.04 Å². The van der Waals surface area contributed by atoms with Crippen LogP contribution >= 0.6 is 0 Å². The molecule has 0 saturated carbocycles. The third-order valence-corrected chi connectivity index (χ3v) is 2.14. The quantitative estimate of drug-likeness (QED) is 0.710. The van der Waals surface area contributed by atoms with Gasteiger partial charge >= 0.3 is 0 Å². The molecule has 0 bridgehead atoms. The van der Waals surface area contributed by atoms with Gasteiger partial charge in [-0.25, -0.2) is 0 Å². The monoisotopic (exact) mass is 189 g/mol. The van der Waals surface area contributed by atoms with Gasteiger partial charge in [-0.1, -0.05) is 41.0 Å². The molecule has 14 heavy (non-hydrogen) atoms. The molecule has 0 radical (unpaired) electrons. The summed E-state index contributed by atoms with van der Waals surface area (Å²) in [6, 6.07) is 6.49. The molecular weight excluding hydrogens is 170 g/mol. The van der Waals surface area contributed by atoms with E-state index in [0.29, 0.717) is 0 Å². The molecule has 1 aromatic rings. The number of allylic oxidation sites excluding steroid dienone is 1. The molecule has 0 saturated heterocycles. The van der Waals surface area contributed by atoms with Crippen molar-refractivity contribution in [2.75, 3.05) is 0 Å². The van der Waals surface area contributed by atoms with Crippen LogP contribution in [0.3, 0.4) is 0 Å². The SMILES string of the molecule is CC(C)=CC(N)c1cc(C)cc(C)c1. The molecule has 76 valence electrons. The van der Waals surface area contributed by atoms with Crippen molar-refractivity contribution in [1.82, 2.24) is 0 Å². The second-order valence-corrected chi connectivity index (χ2v) is 4.19. The fourth-order valence-corrected chi connectivity index (χ4v) is 1.66. The van der Waals surface area contributed by atoms with Crippen molar-refractivity contribution in [2.24, 2.45) is 5.73 Å². The topological polar surface area (TPSA) is 26.0 Å². The van der Waals surface area contributed by atoms with Crippen LogP contribution in [-0.4, -0.2) is 0 Å². The molecule has 1 rings (SSSR count). The standard InChI is InChI=1S/C13H19N/c1-9(2)5-13(14)12-7-10(3)6-11(4)8-12/h5-8,13H,14H2,1-4H3. The lowest BCUT2D eigenvalue weighted by atomic mass is 10.0. The van der Waals surface area contributed by atoms with Crippen molar-refractivity contribution in [3.63, 3.8) is 0 Å². The van der Waals surface area contributed by atoms with Crippen molar-refractivity contribution >= 4 is 0 Å². The second-order valence-electron chi connectivity index (χ2n) is 4.19. The summed E-state index contributed by atoms with van der Waals surface area (Å²) in [6.45, 7) is 8.35. The second kappa shape index (κ2) is 4.43. The fraction of sp³-hybridized carbons (Fsp3) is 0.385. The molecule has 1 unspecified atom stereocenters. The van der Waals surface area contributed by atoms with Gasteiger partial charge in [-0.05, 0) is 33.3 Å². The number of aryl methyl sites for hydroxylation is 2. The predicted molar refractivity (Wildman–Crippen MR) is 62.3 cm³/mol. The molecule has 0 amide bonds. The Morgan fingerprint density at radius 1 is 1.14 bits per heavy atom. The molecule has 0 aromatic heterocycles. The average molecular weight is 189 g/mol. The summed E-state index contributed by atoms with van der Waals surface area (Å²) >= 11 is 0. The van der Waals surface area contributed by atoms with E-state index in [2.05, 4.69) is 52.0 Å². The van der Waals surface area contributed by atoms with Crippen LogP contribution in [0.5, 0.6) is 0 Å². The molecule has 1 nitrogen and oxygen atoms in total. The first-order chi connectivity index (χ1) is 6.49. The summed E-state index contributed by atoms with van der Waals surface area (Å²) in [6.07, 6.45) is 2.09. The van der Waals surface area contributed by atoms with Crippen LogP contribution in [0.4, 0.5) is 0 Å². The van der Waals surface area contributed by atoms with E-state index >= 15 is 0 Å². The highest BCUT2D eigenvalue weighted by atomic mass is 14.6. The highest BCUT2D eigenvalue weighted by Crippen LogP contribution is 2.17. The molecule has 0 aliphatic carbocycles. The third-order valence-electron chi connectivity index (χ3n) is 2.14. The number of hydrogen-bond acceptors (Lipinski definition) is 1. The van der Waals surface area contributed by atoms with Crippen molar-refractivity contribution in [1.29, 1.82) is 0 Å². The van der Waals surface area contributed by atoms with Crippen LogP contribution < -0.4 is 5.73 Å². The number of hydrogen-bond donors (Lipinski definition) is 1. The minimum atomic E-state index is 0.0265. The molecule has 0 spiro atoms. The summed E-state index contributed by atoms with van der Waals surface area (Å²) in [4.78, 5) is 0. The zero-order valence-electron chi connectivity index (χ0n) is 9.46. The maximum atomic E-state index is 6.06. The van der Waals surface area contributed by atoms with E-state index in [1.807, 2.05) is 0 Å². The number of nitrogens with two attached hydrogens (primary N) is 1. The van der Waals surface area contributed by atoms with Crippen molar-refractivity contribution in [3.8, 4) is 0 Å². The van der Waals surface area contributed by atoms with Crippen LogP contribution in [0, 0.1) is 13.8 Å². The third kappa shape index (κ3) is 3.00. The molecule has 2 N–H and O–H groups in total. The Balaban J connectivity index is 3.01. The first-order valence-corrected chi connectivity index (χ1v) is 4.98. The highest BCUT2D eigenvalue weighted by molar-refractivity contribution is 5.32. The van der Waals surface area contributed by atoms with Gasteiger partial charge in [0.1, 0.15) is 0 Å². The molecule has 0 fully saturated rings. The number of benzene rings is 1. The van der Waals surface area contributed by atoms with Gasteiger partial charge < -0.3 is 5.73 Å². The Morgan fingerprint density at radius 3 is 2.07 bits per heavy atom. The summed E-state index contributed by atoms with van der Waals surface area (Å²) in [5, 5.41) is 0. The van der Waals surface area contributed by atoms with E-state index in [4.69, 9.17) is 5.73 Å². The van der Waals surface area contributed by atoms with Gasteiger partial charge in [0, 0.05) is 6.04 Å². The highest BCUT2D eigenvalue weighted by Gasteiger charge is 2.03. The molecule has 0 heterocycles. The van der Waals surface area contributed by atoms with Crippen LogP contribution in [0.2, 0.25) is 0 Å². The van der Waals surface area contributed by atoms with E-state index in [1.54, 1.807) is 0 Å². The summed E-state index contributed by atoms with van der Waals surface area (Å²) < 4.78 is 0. The van der Waals surface area contributed by atoms with E-state index in [1.165, 1.54) is 22.3 Å². The molecule has 0 aliphatic rings. The zero-order valence-corrected chi connectivity index (χ0v) is 9.46. The smallest absolute Gasteiger partial charge is 0.0483 e. The van der Waals surface area contributed by atoms with Gasteiger partial charge in [0.25, 0.3) is 0 Å². The Labute approximate surface area is 86.6 Å². The normalized spacial score (nSPS) is 12.4. The zero-order chi connectivity index (χ0) is 10.7. The van der Waals surface area contributed by atoms with Crippen molar-refractivity contribution in [2.45, 2.75) is 33.7 Å². The lowest BCUT2D eigenvalue weighted by Crippen LogP contribution is -2.08. The summed E-state index contributed by atoms with van der Waals surface area (Å²) in [5.41, 5.74) is 11.1. The van der Waals surface area contributed by atoms with Crippen LogP contribution in [0.1, 0.15) is 36.6 Å². The Bertz CT molecular complexity index is 326. The molecule has 1 aromatic carbocycles. The van der Waals surface area contributed by atoms with E-state index in [0.717, 1.165) is 0 Å². The Hall–Kier alpha value is -1.08. The lowest BCUT2D eigenvalue weighted by molar-refractivity contribution is 0.895. The Kier molecular flexibility index (Phi) is 3.48. The minimum Gasteiger partial charge on any atom is -0.321 e. The van der Waals surface area contributed by atoms with Crippen LogP contribution in [0.15, 0.2) is 29.8 Å². The van der Waals surface area contributed by atoms with Gasteiger partial charge in [-0.2, -0.15) is 0 Å². The van der Waals surface area contributed by atoms with Gasteiger partial charge in [-0.3, -0.25) is 0 Å².